The van der Waals surface area contributed by atoms with Crippen LogP contribution >= 0.6 is 0 Å². The van der Waals surface area contributed by atoms with Crippen molar-refractivity contribution in [3.8, 4) is 86.2 Å². The van der Waals surface area contributed by atoms with Crippen LogP contribution in [-0.2, 0) is 0 Å². The minimum absolute atomic E-state index is 0.118. The van der Waals surface area contributed by atoms with Crippen LogP contribution in [0.2, 0.25) is 0 Å². The fraction of sp³-hybridized carbons (Fsp3) is 0. The lowest BCUT2D eigenvalue weighted by Crippen LogP contribution is -1.93. The maximum Gasteiger partial charge on any atom is 0.224 e. The molecule has 67 heavy (non-hydrogen) atoms. The molecule has 0 aliphatic heterocycles. The van der Waals surface area contributed by atoms with E-state index in [4.69, 9.17) is 36.7 Å². The molecule has 0 spiro atoms. The summed E-state index contributed by atoms with van der Waals surface area (Å²) in [6, 6.07) is 54.5. The third-order valence-electron chi connectivity index (χ3n) is 10.2. The molecule has 0 aromatic heterocycles. The summed E-state index contributed by atoms with van der Waals surface area (Å²) < 4.78 is 41.7. The van der Waals surface area contributed by atoms with Gasteiger partial charge in [0.25, 0.3) is 0 Å². The Morgan fingerprint density at radius 1 is 0.448 bits per heavy atom. The Labute approximate surface area is 386 Å². The fourth-order valence-electron chi connectivity index (χ4n) is 6.98. The predicted molar refractivity (Wildman–Crippen MR) is 257 cm³/mol. The molecule has 0 amide bonds. The van der Waals surface area contributed by atoms with Crippen molar-refractivity contribution in [3.63, 3.8) is 0 Å². The quantitative estimate of drug-likeness (QED) is 0.123. The van der Waals surface area contributed by atoms with Crippen LogP contribution in [0.25, 0.3) is 76.2 Å². The first-order valence-electron chi connectivity index (χ1n) is 20.0. The van der Waals surface area contributed by atoms with E-state index in [-0.39, 0.29) is 33.8 Å². The number of hydrogen-bond acceptors (Lipinski definition) is 3. The standard InChI is InChI=1S/C26H15FN2.C16H7FN2.C16H9FN2/c1-29-24-16-20(15-21(17-28)26(24)27)25-22(18-9-4-2-5-10-18)13-8-14-23(25)19-11-6-3-7-12-19;1-3-11-4-6-12(7-5-11)13-8-14(10-18)16(17)15(9-13)19-2;1-3-11-5-4-6-12(7-11)13-8-14(10-18)16(17)15(9-13)19-2/h2-16H;1,4-9H;3-9H,1H2. The Bertz CT molecular complexity index is 3310. The second-order valence-electron chi connectivity index (χ2n) is 14.3. The second-order valence-corrected chi connectivity index (χ2v) is 14.3. The molecule has 0 aliphatic carbocycles. The minimum Gasteiger partial charge on any atom is -0.235 e. The zero-order chi connectivity index (χ0) is 47.9. The molecule has 8 rings (SSSR count). The van der Waals surface area contributed by atoms with Crippen molar-refractivity contribution in [2.24, 2.45) is 0 Å². The van der Waals surface area contributed by atoms with E-state index >= 15 is 0 Å². The maximum absolute atomic E-state index is 14.4. The summed E-state index contributed by atoms with van der Waals surface area (Å²) >= 11 is 0. The van der Waals surface area contributed by atoms with Crippen molar-refractivity contribution in [2.45, 2.75) is 0 Å². The zero-order valence-corrected chi connectivity index (χ0v) is 35.3. The van der Waals surface area contributed by atoms with E-state index < -0.39 is 17.5 Å². The number of nitrogens with zero attached hydrogens (tertiary/aromatic N) is 6. The molecule has 8 aromatic rings. The normalized spacial score (nSPS) is 9.67. The Kier molecular flexibility index (Phi) is 15.0. The Morgan fingerprint density at radius 2 is 0.851 bits per heavy atom. The van der Waals surface area contributed by atoms with Crippen molar-refractivity contribution in [1.29, 1.82) is 15.8 Å². The minimum atomic E-state index is -0.776. The molecule has 0 atom stereocenters. The van der Waals surface area contributed by atoms with E-state index in [1.165, 1.54) is 36.4 Å². The smallest absolute Gasteiger partial charge is 0.224 e. The van der Waals surface area contributed by atoms with Crippen LogP contribution in [0.4, 0.5) is 30.2 Å². The molecule has 0 aliphatic rings. The molecule has 0 radical (unpaired) electrons. The third-order valence-corrected chi connectivity index (χ3v) is 10.2. The largest absolute Gasteiger partial charge is 0.235 e. The van der Waals surface area contributed by atoms with Gasteiger partial charge in [-0.15, -0.1) is 6.42 Å². The topological polar surface area (TPSA) is 84.4 Å². The van der Waals surface area contributed by atoms with Gasteiger partial charge in [-0.3, -0.25) is 0 Å². The fourth-order valence-corrected chi connectivity index (χ4v) is 6.98. The van der Waals surface area contributed by atoms with Crippen LogP contribution in [0.15, 0.2) is 170 Å². The van der Waals surface area contributed by atoms with Gasteiger partial charge >= 0.3 is 0 Å². The number of benzene rings is 8. The number of rotatable bonds is 6. The van der Waals surface area contributed by atoms with Crippen LogP contribution in [0.3, 0.4) is 0 Å². The highest BCUT2D eigenvalue weighted by molar-refractivity contribution is 5.95. The molecular weight excluding hydrogens is 838 g/mol. The van der Waals surface area contributed by atoms with Gasteiger partial charge in [0, 0.05) is 5.56 Å². The van der Waals surface area contributed by atoms with Crippen molar-refractivity contribution in [2.75, 3.05) is 0 Å². The predicted octanol–water partition coefficient (Wildman–Crippen LogP) is 15.7. The molecule has 9 heteroatoms. The van der Waals surface area contributed by atoms with E-state index in [9.17, 15) is 18.4 Å². The third kappa shape index (κ3) is 10.5. The van der Waals surface area contributed by atoms with E-state index in [2.05, 4.69) is 27.0 Å². The Morgan fingerprint density at radius 3 is 1.27 bits per heavy atom. The highest BCUT2D eigenvalue weighted by Gasteiger charge is 2.19. The molecule has 0 saturated heterocycles. The van der Waals surface area contributed by atoms with Gasteiger partial charge in [0.15, 0.2) is 0 Å². The first-order valence-corrected chi connectivity index (χ1v) is 20.0. The molecule has 0 N–H and O–H groups in total. The van der Waals surface area contributed by atoms with Gasteiger partial charge in [-0.25, -0.2) is 27.7 Å². The Hall–Kier alpha value is -10.2. The van der Waals surface area contributed by atoms with Gasteiger partial charge in [0.1, 0.15) is 35.7 Å². The van der Waals surface area contributed by atoms with Crippen LogP contribution in [0.1, 0.15) is 27.8 Å². The highest BCUT2D eigenvalue weighted by atomic mass is 19.1. The van der Waals surface area contributed by atoms with Gasteiger partial charge < -0.3 is 0 Å². The van der Waals surface area contributed by atoms with Crippen LogP contribution in [0.5, 0.6) is 0 Å². The zero-order valence-electron chi connectivity index (χ0n) is 35.3. The van der Waals surface area contributed by atoms with Gasteiger partial charge in [-0.2, -0.15) is 15.8 Å². The highest BCUT2D eigenvalue weighted by Crippen LogP contribution is 2.42. The lowest BCUT2D eigenvalue weighted by Gasteiger charge is -2.17. The van der Waals surface area contributed by atoms with E-state index in [1.807, 2.05) is 109 Å². The molecule has 0 bridgehead atoms. The van der Waals surface area contributed by atoms with Gasteiger partial charge in [0.2, 0.25) is 17.1 Å². The van der Waals surface area contributed by atoms with Gasteiger partial charge in [-0.1, -0.05) is 128 Å². The molecule has 8 aromatic carbocycles. The number of terminal acetylenes is 1. The Balaban J connectivity index is 0.000000172. The summed E-state index contributed by atoms with van der Waals surface area (Å²) in [5.74, 6) is 0.186. The van der Waals surface area contributed by atoms with Gasteiger partial charge in [0.05, 0.1) is 36.4 Å². The van der Waals surface area contributed by atoms with Crippen LogP contribution in [-0.4, -0.2) is 0 Å². The summed E-state index contributed by atoms with van der Waals surface area (Å²) in [5.41, 5.74) is 9.12. The lowest BCUT2D eigenvalue weighted by atomic mass is 9.87. The first-order chi connectivity index (χ1) is 32.6. The summed E-state index contributed by atoms with van der Waals surface area (Å²) in [6.07, 6.45) is 6.97. The van der Waals surface area contributed by atoms with Crippen molar-refractivity contribution in [1.82, 2.24) is 0 Å². The van der Waals surface area contributed by atoms with Gasteiger partial charge in [-0.05, 0) is 116 Å². The molecule has 0 unspecified atom stereocenters. The summed E-state index contributed by atoms with van der Waals surface area (Å²) in [7, 11) is 0. The lowest BCUT2D eigenvalue weighted by molar-refractivity contribution is 0.629. The van der Waals surface area contributed by atoms with Crippen molar-refractivity contribution in [3.05, 3.63) is 250 Å². The molecule has 6 nitrogen and oxygen atoms in total. The molecule has 314 valence electrons. The summed E-state index contributed by atoms with van der Waals surface area (Å²) in [6.45, 7) is 24.9. The summed E-state index contributed by atoms with van der Waals surface area (Å²) in [5, 5.41) is 27.2. The molecule has 0 heterocycles. The SMILES string of the molecule is [C-]#[N+]c1cc(-c2c(-c3ccccc3)cccc2-c2ccccc2)cc(C#N)c1F.[C-]#[N+]c1cc(-c2ccc(C#C)cc2)cc(C#N)c1F.[C-]#[N+]c1cc(-c2cccc(C=C)c2)cc(C#N)c1F. The van der Waals surface area contributed by atoms with Crippen molar-refractivity contribution >= 4 is 23.1 Å². The van der Waals surface area contributed by atoms with E-state index in [1.54, 1.807) is 42.5 Å². The second kappa shape index (κ2) is 21.7. The monoisotopic (exact) mass is 868 g/mol. The maximum atomic E-state index is 14.4. The molecule has 0 fully saturated rings. The summed E-state index contributed by atoms with van der Waals surface area (Å²) in [4.78, 5) is 9.49. The number of hydrogen-bond donors (Lipinski definition) is 0. The average Bonchev–Trinajstić information content (AvgIpc) is 3.39. The van der Waals surface area contributed by atoms with Crippen LogP contribution < -0.4 is 0 Å². The molecule has 0 saturated carbocycles. The average molecular weight is 869 g/mol. The van der Waals surface area contributed by atoms with Crippen molar-refractivity contribution < 1.29 is 13.2 Å². The van der Waals surface area contributed by atoms with Crippen LogP contribution in [0, 0.1) is 83.5 Å². The van der Waals surface area contributed by atoms with E-state index in [0.717, 1.165) is 50.1 Å². The molecular formula is C58H31F3N6. The van der Waals surface area contributed by atoms with E-state index in [0.29, 0.717) is 16.7 Å². The number of nitriles is 3. The first kappa shape index (κ1) is 46.3. The number of halogens is 3.